The van der Waals surface area contributed by atoms with Crippen LogP contribution in [0.5, 0.6) is 5.75 Å². The molecule has 1 fully saturated rings. The Bertz CT molecular complexity index is 480. The molecular formula is C16H24N2O2. The third kappa shape index (κ3) is 2.82. The average molecular weight is 276 g/mol. The number of methoxy groups -OCH3 is 1. The van der Waals surface area contributed by atoms with Crippen molar-refractivity contribution in [3.8, 4) is 5.75 Å². The van der Waals surface area contributed by atoms with E-state index in [9.17, 15) is 5.11 Å². The summed E-state index contributed by atoms with van der Waals surface area (Å²) >= 11 is 0. The molecule has 1 aliphatic carbocycles. The first-order valence-corrected chi connectivity index (χ1v) is 7.50. The topological polar surface area (TPSA) is 58.7 Å². The predicted octanol–water partition coefficient (Wildman–Crippen LogP) is 1.08. The summed E-state index contributed by atoms with van der Waals surface area (Å²) in [6.45, 7) is 2.35. The molecule has 4 nitrogen and oxygen atoms in total. The molecule has 0 bridgehead atoms. The van der Waals surface area contributed by atoms with Gasteiger partial charge >= 0.3 is 0 Å². The minimum absolute atomic E-state index is 0.0687. The second kappa shape index (κ2) is 5.72. The van der Waals surface area contributed by atoms with Crippen LogP contribution in [0.2, 0.25) is 0 Å². The summed E-state index contributed by atoms with van der Waals surface area (Å²) in [5, 5.41) is 9.86. The molecule has 1 heterocycles. The molecule has 20 heavy (non-hydrogen) atoms. The monoisotopic (exact) mass is 276 g/mol. The zero-order valence-electron chi connectivity index (χ0n) is 12.1. The summed E-state index contributed by atoms with van der Waals surface area (Å²) < 4.78 is 5.55. The maximum absolute atomic E-state index is 9.86. The fourth-order valence-corrected chi connectivity index (χ4v) is 3.54. The molecule has 3 N–H and O–H groups in total. The highest BCUT2D eigenvalue weighted by molar-refractivity contribution is 5.44. The van der Waals surface area contributed by atoms with Crippen LogP contribution in [0, 0.1) is 0 Å². The van der Waals surface area contributed by atoms with Gasteiger partial charge < -0.3 is 15.6 Å². The molecule has 0 aromatic heterocycles. The van der Waals surface area contributed by atoms with Gasteiger partial charge in [0, 0.05) is 31.2 Å². The SMILES string of the molecule is COc1cc2c(cc1CN1C[C@@H](N)C[C@@H](O)C1)CCC2. The van der Waals surface area contributed by atoms with E-state index in [2.05, 4.69) is 17.0 Å². The van der Waals surface area contributed by atoms with Gasteiger partial charge in [0.25, 0.3) is 0 Å². The number of rotatable bonds is 3. The number of fused-ring (bicyclic) bond motifs is 1. The van der Waals surface area contributed by atoms with Crippen LogP contribution in [0.15, 0.2) is 12.1 Å². The van der Waals surface area contributed by atoms with E-state index in [1.54, 1.807) is 7.11 Å². The largest absolute Gasteiger partial charge is 0.496 e. The van der Waals surface area contributed by atoms with Gasteiger partial charge in [0.1, 0.15) is 5.75 Å². The van der Waals surface area contributed by atoms with Crippen LogP contribution in [0.25, 0.3) is 0 Å². The first kappa shape index (κ1) is 13.9. The zero-order valence-corrected chi connectivity index (χ0v) is 12.1. The van der Waals surface area contributed by atoms with Gasteiger partial charge in [-0.1, -0.05) is 6.07 Å². The van der Waals surface area contributed by atoms with Gasteiger partial charge in [0.15, 0.2) is 0 Å². The lowest BCUT2D eigenvalue weighted by Crippen LogP contribution is -2.48. The van der Waals surface area contributed by atoms with Crippen LogP contribution in [-0.4, -0.2) is 42.4 Å². The lowest BCUT2D eigenvalue weighted by Gasteiger charge is -2.34. The van der Waals surface area contributed by atoms with E-state index in [1.807, 2.05) is 0 Å². The number of likely N-dealkylation sites (tertiary alicyclic amines) is 1. The van der Waals surface area contributed by atoms with Crippen molar-refractivity contribution in [2.24, 2.45) is 5.73 Å². The van der Waals surface area contributed by atoms with Crippen LogP contribution in [-0.2, 0) is 19.4 Å². The number of β-amino-alcohol motifs (C(OH)–C–C–N with tert-alkyl or cyclic N) is 1. The maximum Gasteiger partial charge on any atom is 0.123 e. The smallest absolute Gasteiger partial charge is 0.123 e. The van der Waals surface area contributed by atoms with E-state index >= 15 is 0 Å². The van der Waals surface area contributed by atoms with Crippen molar-refractivity contribution in [3.05, 3.63) is 28.8 Å². The van der Waals surface area contributed by atoms with Crippen LogP contribution >= 0.6 is 0 Å². The molecule has 3 rings (SSSR count). The number of nitrogens with zero attached hydrogens (tertiary/aromatic N) is 1. The molecule has 0 radical (unpaired) electrons. The second-order valence-electron chi connectivity index (χ2n) is 6.13. The normalized spacial score (nSPS) is 26.6. The maximum atomic E-state index is 9.86. The molecule has 2 aliphatic rings. The third-order valence-electron chi connectivity index (χ3n) is 4.43. The Kier molecular flexibility index (Phi) is 3.96. The molecule has 110 valence electrons. The van der Waals surface area contributed by atoms with E-state index in [0.29, 0.717) is 13.0 Å². The van der Waals surface area contributed by atoms with Crippen molar-refractivity contribution in [3.63, 3.8) is 0 Å². The van der Waals surface area contributed by atoms with Crippen LogP contribution in [0.3, 0.4) is 0 Å². The van der Waals surface area contributed by atoms with Crippen molar-refractivity contribution in [2.75, 3.05) is 20.2 Å². The highest BCUT2D eigenvalue weighted by Gasteiger charge is 2.25. The van der Waals surface area contributed by atoms with Crippen molar-refractivity contribution in [1.29, 1.82) is 0 Å². The minimum Gasteiger partial charge on any atom is -0.496 e. The van der Waals surface area contributed by atoms with E-state index in [4.69, 9.17) is 10.5 Å². The molecule has 4 heteroatoms. The Morgan fingerprint density at radius 1 is 1.30 bits per heavy atom. The van der Waals surface area contributed by atoms with Gasteiger partial charge in [0.2, 0.25) is 0 Å². The summed E-state index contributed by atoms with van der Waals surface area (Å²) in [7, 11) is 1.73. The molecule has 0 spiro atoms. The minimum atomic E-state index is -0.306. The Hall–Kier alpha value is -1.10. The molecule has 2 atom stereocenters. The molecule has 1 aliphatic heterocycles. The van der Waals surface area contributed by atoms with Crippen molar-refractivity contribution >= 4 is 0 Å². The first-order chi connectivity index (χ1) is 9.65. The number of aryl methyl sites for hydroxylation is 2. The van der Waals surface area contributed by atoms with Gasteiger partial charge in [-0.25, -0.2) is 0 Å². The fraction of sp³-hybridized carbons (Fsp3) is 0.625. The summed E-state index contributed by atoms with van der Waals surface area (Å²) in [6.07, 6.45) is 3.99. The summed E-state index contributed by atoms with van der Waals surface area (Å²) in [5.74, 6) is 0.972. The molecule has 0 unspecified atom stereocenters. The lowest BCUT2D eigenvalue weighted by atomic mass is 10.0. The van der Waals surface area contributed by atoms with Crippen molar-refractivity contribution in [1.82, 2.24) is 4.90 Å². The van der Waals surface area contributed by atoms with Gasteiger partial charge in [-0.15, -0.1) is 0 Å². The Morgan fingerprint density at radius 2 is 2.05 bits per heavy atom. The van der Waals surface area contributed by atoms with E-state index < -0.39 is 0 Å². The number of nitrogens with two attached hydrogens (primary N) is 1. The molecule has 0 saturated carbocycles. The number of hydrogen-bond donors (Lipinski definition) is 2. The molecule has 1 aromatic rings. The zero-order chi connectivity index (χ0) is 14.1. The number of aliphatic hydroxyl groups is 1. The van der Waals surface area contributed by atoms with Crippen molar-refractivity contribution < 1.29 is 9.84 Å². The quantitative estimate of drug-likeness (QED) is 0.867. The number of aliphatic hydroxyl groups excluding tert-OH is 1. The third-order valence-corrected chi connectivity index (χ3v) is 4.43. The Balaban J connectivity index is 1.79. The molecular weight excluding hydrogens is 252 g/mol. The van der Waals surface area contributed by atoms with Crippen LogP contribution in [0.1, 0.15) is 29.5 Å². The highest BCUT2D eigenvalue weighted by atomic mass is 16.5. The average Bonchev–Trinajstić information content (AvgIpc) is 2.83. The van der Waals surface area contributed by atoms with Crippen LogP contribution in [0.4, 0.5) is 0 Å². The molecule has 1 saturated heterocycles. The van der Waals surface area contributed by atoms with Gasteiger partial charge in [-0.3, -0.25) is 4.90 Å². The van der Waals surface area contributed by atoms with Crippen molar-refractivity contribution in [2.45, 2.75) is 44.4 Å². The predicted molar refractivity (Wildman–Crippen MR) is 78.9 cm³/mol. The van der Waals surface area contributed by atoms with Gasteiger partial charge in [-0.2, -0.15) is 0 Å². The number of piperidine rings is 1. The highest BCUT2D eigenvalue weighted by Crippen LogP contribution is 2.31. The van der Waals surface area contributed by atoms with Crippen LogP contribution < -0.4 is 10.5 Å². The standard InChI is InChI=1S/C16H24N2O2/c1-20-16-6-12-4-2-3-11(12)5-13(16)8-18-9-14(17)7-15(19)10-18/h5-6,14-15,19H,2-4,7-10,17H2,1H3/t14-,15+/m0/s1. The summed E-state index contributed by atoms with van der Waals surface area (Å²) in [6, 6.07) is 4.55. The van der Waals surface area contributed by atoms with E-state index in [0.717, 1.165) is 18.8 Å². The second-order valence-corrected chi connectivity index (χ2v) is 6.13. The first-order valence-electron chi connectivity index (χ1n) is 7.50. The Morgan fingerprint density at radius 3 is 2.75 bits per heavy atom. The van der Waals surface area contributed by atoms with E-state index in [-0.39, 0.29) is 12.1 Å². The Labute approximate surface area is 120 Å². The number of hydrogen-bond acceptors (Lipinski definition) is 4. The van der Waals surface area contributed by atoms with Gasteiger partial charge in [0.05, 0.1) is 13.2 Å². The molecule has 0 amide bonds. The number of benzene rings is 1. The number of ether oxygens (including phenoxy) is 1. The van der Waals surface area contributed by atoms with Gasteiger partial charge in [-0.05, 0) is 42.9 Å². The van der Waals surface area contributed by atoms with E-state index in [1.165, 1.54) is 36.0 Å². The molecule has 1 aromatic carbocycles. The lowest BCUT2D eigenvalue weighted by molar-refractivity contribution is 0.0561. The fourth-order valence-electron chi connectivity index (χ4n) is 3.54. The summed E-state index contributed by atoms with van der Waals surface area (Å²) in [4.78, 5) is 2.23. The summed E-state index contributed by atoms with van der Waals surface area (Å²) in [5.41, 5.74) is 10.1.